The highest BCUT2D eigenvalue weighted by atomic mass is 79.9. The number of rotatable bonds is 9. The van der Waals surface area contributed by atoms with E-state index in [4.69, 9.17) is 9.47 Å². The van der Waals surface area contributed by atoms with Gasteiger partial charge in [-0.2, -0.15) is 5.10 Å². The fourth-order valence-electron chi connectivity index (χ4n) is 3.31. The van der Waals surface area contributed by atoms with Crippen LogP contribution in [0.25, 0.3) is 17.2 Å². The first-order valence-electron chi connectivity index (χ1n) is 11.4. The maximum absolute atomic E-state index is 12.3. The summed E-state index contributed by atoms with van der Waals surface area (Å²) in [4.78, 5) is 24.5. The third-order valence-electron chi connectivity index (χ3n) is 5.12. The van der Waals surface area contributed by atoms with Gasteiger partial charge in [-0.05, 0) is 53.1 Å². The summed E-state index contributed by atoms with van der Waals surface area (Å²) in [6, 6.07) is 32.0. The zero-order valence-electron chi connectivity index (χ0n) is 19.7. The molecular weight excluding hydrogens is 532 g/mol. The average Bonchev–Trinajstić information content (AvgIpc) is 2.93. The van der Waals surface area contributed by atoms with E-state index in [-0.39, 0.29) is 6.61 Å². The lowest BCUT2D eigenvalue weighted by molar-refractivity contribution is -0.129. The molecule has 1 amide bonds. The van der Waals surface area contributed by atoms with Crippen LogP contribution >= 0.6 is 15.9 Å². The summed E-state index contributed by atoms with van der Waals surface area (Å²) in [7, 11) is 0. The zero-order chi connectivity index (χ0) is 25.9. The number of carbonyl (C=O) groups excluding carboxylic acids is 2. The number of nitrogens with zero attached hydrogens (tertiary/aromatic N) is 1. The molecule has 0 saturated heterocycles. The molecule has 4 rings (SSSR count). The minimum Gasteiger partial charge on any atom is -0.484 e. The largest absolute Gasteiger partial charge is 0.484 e. The van der Waals surface area contributed by atoms with E-state index < -0.39 is 11.9 Å². The van der Waals surface area contributed by atoms with Crippen LogP contribution in [-0.4, -0.2) is 24.7 Å². The molecule has 7 heteroatoms. The molecular formula is C30H23BrN2O4. The van der Waals surface area contributed by atoms with E-state index in [1.54, 1.807) is 24.3 Å². The van der Waals surface area contributed by atoms with Crippen LogP contribution < -0.4 is 14.9 Å². The summed E-state index contributed by atoms with van der Waals surface area (Å²) >= 11 is 3.39. The second kappa shape index (κ2) is 13.0. The minimum absolute atomic E-state index is 0.202. The first-order valence-corrected chi connectivity index (χ1v) is 12.2. The maximum Gasteiger partial charge on any atom is 0.336 e. The molecule has 0 heterocycles. The van der Waals surface area contributed by atoms with Gasteiger partial charge in [-0.3, -0.25) is 4.79 Å². The normalized spacial score (nSPS) is 10.9. The summed E-state index contributed by atoms with van der Waals surface area (Å²) in [6.07, 6.45) is 4.43. The molecule has 6 nitrogen and oxygen atoms in total. The molecule has 0 radical (unpaired) electrons. The van der Waals surface area contributed by atoms with Gasteiger partial charge in [0.1, 0.15) is 11.5 Å². The summed E-state index contributed by atoms with van der Waals surface area (Å²) in [6.45, 7) is -0.202. The predicted octanol–water partition coefficient (Wildman–Crippen LogP) is 6.26. The highest BCUT2D eigenvalue weighted by Gasteiger charge is 2.08. The number of ether oxygens (including phenoxy) is 2. The molecule has 0 aliphatic rings. The molecule has 0 fully saturated rings. The van der Waals surface area contributed by atoms with Crippen molar-refractivity contribution in [1.29, 1.82) is 0 Å². The Morgan fingerprint density at radius 1 is 0.838 bits per heavy atom. The van der Waals surface area contributed by atoms with Gasteiger partial charge in [0, 0.05) is 16.1 Å². The van der Waals surface area contributed by atoms with Gasteiger partial charge in [-0.25, -0.2) is 10.2 Å². The van der Waals surface area contributed by atoms with Crippen molar-refractivity contribution >= 4 is 40.1 Å². The van der Waals surface area contributed by atoms with E-state index in [1.165, 1.54) is 12.3 Å². The third-order valence-corrected chi connectivity index (χ3v) is 5.61. The van der Waals surface area contributed by atoms with Crippen LogP contribution in [0.1, 0.15) is 11.1 Å². The van der Waals surface area contributed by atoms with Crippen molar-refractivity contribution in [3.8, 4) is 22.6 Å². The molecule has 184 valence electrons. The molecule has 4 aromatic rings. The topological polar surface area (TPSA) is 77.0 Å². The highest BCUT2D eigenvalue weighted by Crippen LogP contribution is 2.23. The van der Waals surface area contributed by atoms with Crippen molar-refractivity contribution in [1.82, 2.24) is 5.43 Å². The molecule has 4 aromatic carbocycles. The number of hydrogen-bond acceptors (Lipinski definition) is 5. The van der Waals surface area contributed by atoms with Gasteiger partial charge in [-0.15, -0.1) is 0 Å². The molecule has 0 aromatic heterocycles. The quantitative estimate of drug-likeness (QED) is 0.0870. The molecule has 0 aliphatic heterocycles. The average molecular weight is 555 g/mol. The lowest BCUT2D eigenvalue weighted by atomic mass is 10.1. The highest BCUT2D eigenvalue weighted by molar-refractivity contribution is 9.10. The van der Waals surface area contributed by atoms with Crippen molar-refractivity contribution < 1.29 is 19.1 Å². The van der Waals surface area contributed by atoms with E-state index in [0.29, 0.717) is 17.1 Å². The van der Waals surface area contributed by atoms with Gasteiger partial charge in [0.2, 0.25) is 0 Å². The van der Waals surface area contributed by atoms with Crippen LogP contribution in [0.3, 0.4) is 0 Å². The van der Waals surface area contributed by atoms with Gasteiger partial charge >= 0.3 is 5.97 Å². The smallest absolute Gasteiger partial charge is 0.336 e. The summed E-state index contributed by atoms with van der Waals surface area (Å²) < 4.78 is 11.8. The standard InChI is InChI=1S/C30H23BrN2O4/c31-26-14-17-28(37-30(35)18-11-22-7-3-1-4-8-22)25(19-26)20-32-33-29(34)21-36-27-15-12-24(13-16-27)23-9-5-2-6-10-23/h1-20H,21H2,(H,33,34)/b18-11+,32-20-. The third kappa shape index (κ3) is 8.02. The number of hydrazone groups is 1. The molecule has 0 spiro atoms. The molecule has 0 aliphatic carbocycles. The first-order chi connectivity index (χ1) is 18.1. The van der Waals surface area contributed by atoms with E-state index in [9.17, 15) is 9.59 Å². The number of nitrogens with one attached hydrogen (secondary N) is 1. The molecule has 1 N–H and O–H groups in total. The number of benzene rings is 4. The number of carbonyl (C=O) groups is 2. The SMILES string of the molecule is O=C(COc1ccc(-c2ccccc2)cc1)N/N=C\c1cc(Br)ccc1OC(=O)/C=C/c1ccccc1. The Hall–Kier alpha value is -4.49. The summed E-state index contributed by atoms with van der Waals surface area (Å²) in [5.74, 6) is -0.0820. The molecule has 0 unspecified atom stereocenters. The van der Waals surface area contributed by atoms with Crippen LogP contribution in [-0.2, 0) is 9.59 Å². The number of amides is 1. The van der Waals surface area contributed by atoms with E-state index in [0.717, 1.165) is 21.2 Å². The Labute approximate surface area is 223 Å². The second-order valence-corrected chi connectivity index (χ2v) is 8.74. The Bertz CT molecular complexity index is 1400. The van der Waals surface area contributed by atoms with E-state index in [2.05, 4.69) is 26.5 Å². The maximum atomic E-state index is 12.3. The molecule has 0 atom stereocenters. The molecule has 0 saturated carbocycles. The van der Waals surface area contributed by atoms with Gasteiger partial charge in [0.05, 0.1) is 6.21 Å². The number of halogens is 1. The summed E-state index contributed by atoms with van der Waals surface area (Å²) in [5.41, 5.74) is 5.97. The van der Waals surface area contributed by atoms with Crippen LogP contribution in [0.5, 0.6) is 11.5 Å². The van der Waals surface area contributed by atoms with Crippen molar-refractivity contribution in [2.24, 2.45) is 5.10 Å². The van der Waals surface area contributed by atoms with Gasteiger partial charge in [-0.1, -0.05) is 88.7 Å². The van der Waals surface area contributed by atoms with Crippen molar-refractivity contribution in [3.05, 3.63) is 125 Å². The Balaban J connectivity index is 1.30. The predicted molar refractivity (Wildman–Crippen MR) is 148 cm³/mol. The first kappa shape index (κ1) is 25.6. The van der Waals surface area contributed by atoms with Gasteiger partial charge in [0.15, 0.2) is 6.61 Å². The van der Waals surface area contributed by atoms with Crippen LogP contribution in [0.4, 0.5) is 0 Å². The lowest BCUT2D eigenvalue weighted by Crippen LogP contribution is -2.24. The van der Waals surface area contributed by atoms with E-state index >= 15 is 0 Å². The van der Waals surface area contributed by atoms with Crippen LogP contribution in [0, 0.1) is 0 Å². The summed E-state index contributed by atoms with van der Waals surface area (Å²) in [5, 5.41) is 3.98. The molecule has 0 bridgehead atoms. The van der Waals surface area contributed by atoms with Crippen LogP contribution in [0.15, 0.2) is 119 Å². The minimum atomic E-state index is -0.531. The van der Waals surface area contributed by atoms with Gasteiger partial charge < -0.3 is 9.47 Å². The Morgan fingerprint density at radius 2 is 1.51 bits per heavy atom. The fraction of sp³-hybridized carbons (Fsp3) is 0.0333. The number of hydrogen-bond donors (Lipinski definition) is 1. The second-order valence-electron chi connectivity index (χ2n) is 7.82. The van der Waals surface area contributed by atoms with E-state index in [1.807, 2.05) is 84.9 Å². The van der Waals surface area contributed by atoms with Crippen molar-refractivity contribution in [2.45, 2.75) is 0 Å². The lowest BCUT2D eigenvalue weighted by Gasteiger charge is -2.07. The van der Waals surface area contributed by atoms with Crippen molar-refractivity contribution in [2.75, 3.05) is 6.61 Å². The van der Waals surface area contributed by atoms with Gasteiger partial charge in [0.25, 0.3) is 5.91 Å². The monoisotopic (exact) mass is 554 g/mol. The Kier molecular flexibility index (Phi) is 8.99. The Morgan fingerprint density at radius 3 is 2.24 bits per heavy atom. The molecule has 37 heavy (non-hydrogen) atoms. The fourth-order valence-corrected chi connectivity index (χ4v) is 3.69. The zero-order valence-corrected chi connectivity index (χ0v) is 21.3. The number of esters is 1. The van der Waals surface area contributed by atoms with Crippen molar-refractivity contribution in [3.63, 3.8) is 0 Å². The van der Waals surface area contributed by atoms with Crippen LogP contribution in [0.2, 0.25) is 0 Å².